The second-order valence-corrected chi connectivity index (χ2v) is 6.19. The Morgan fingerprint density at radius 3 is 2.73 bits per heavy atom. The largest absolute Gasteiger partial charge is 0.497 e. The number of pyridine rings is 1. The van der Waals surface area contributed by atoms with E-state index in [-0.39, 0.29) is 0 Å². The first-order valence-corrected chi connectivity index (χ1v) is 8.39. The average molecular weight is 366 g/mol. The van der Waals surface area contributed by atoms with Crippen LogP contribution in [-0.2, 0) is 0 Å². The van der Waals surface area contributed by atoms with Gasteiger partial charge in [-0.25, -0.2) is 9.97 Å². The molecule has 0 atom stereocenters. The second kappa shape index (κ2) is 6.65. The lowest BCUT2D eigenvalue weighted by molar-refractivity contribution is 0.415. The lowest BCUT2D eigenvalue weighted by Crippen LogP contribution is -2.01. The number of aryl methyl sites for hydroxylation is 1. The van der Waals surface area contributed by atoms with Gasteiger partial charge in [0.2, 0.25) is 5.95 Å². The van der Waals surface area contributed by atoms with Gasteiger partial charge in [-0.1, -0.05) is 17.7 Å². The maximum absolute atomic E-state index is 5.88. The summed E-state index contributed by atoms with van der Waals surface area (Å²) in [6.07, 6.45) is 5.44. The Morgan fingerprint density at radius 2 is 1.96 bits per heavy atom. The summed E-state index contributed by atoms with van der Waals surface area (Å²) in [7, 11) is 1.64. The number of aromatic nitrogens is 4. The molecule has 0 amide bonds. The van der Waals surface area contributed by atoms with Gasteiger partial charge in [0.15, 0.2) is 0 Å². The summed E-state index contributed by atoms with van der Waals surface area (Å²) >= 11 is 5.88. The maximum atomic E-state index is 5.88. The summed E-state index contributed by atoms with van der Waals surface area (Å²) in [6, 6.07) is 11.4. The van der Waals surface area contributed by atoms with Gasteiger partial charge in [-0.2, -0.15) is 4.98 Å². The first-order valence-electron chi connectivity index (χ1n) is 8.02. The minimum atomic E-state index is 0.454. The Bertz CT molecular complexity index is 1080. The summed E-state index contributed by atoms with van der Waals surface area (Å²) in [5.41, 5.74) is 3.64. The van der Waals surface area contributed by atoms with Crippen molar-refractivity contribution < 1.29 is 4.74 Å². The summed E-state index contributed by atoms with van der Waals surface area (Å²) < 4.78 is 7.24. The molecule has 0 saturated carbocycles. The van der Waals surface area contributed by atoms with Crippen molar-refractivity contribution in [2.45, 2.75) is 6.92 Å². The van der Waals surface area contributed by atoms with Gasteiger partial charge in [0, 0.05) is 29.5 Å². The monoisotopic (exact) mass is 365 g/mol. The Hall–Kier alpha value is -3.12. The van der Waals surface area contributed by atoms with Crippen LogP contribution < -0.4 is 10.1 Å². The van der Waals surface area contributed by atoms with E-state index in [4.69, 9.17) is 16.3 Å². The Morgan fingerprint density at radius 1 is 1.08 bits per heavy atom. The van der Waals surface area contributed by atoms with E-state index in [9.17, 15) is 0 Å². The summed E-state index contributed by atoms with van der Waals surface area (Å²) in [5, 5.41) is 4.66. The number of ether oxygens (including phenoxy) is 1. The average Bonchev–Trinajstić information content (AvgIpc) is 3.07. The number of hydrogen-bond donors (Lipinski definition) is 1. The number of rotatable bonds is 4. The molecule has 0 fully saturated rings. The second-order valence-electron chi connectivity index (χ2n) is 5.80. The molecule has 7 heteroatoms. The number of fused-ring (bicyclic) bond motifs is 1. The van der Waals surface area contributed by atoms with Crippen LogP contribution >= 0.6 is 11.6 Å². The molecule has 0 aliphatic carbocycles. The molecule has 6 nitrogen and oxygen atoms in total. The molecular formula is C19H16ClN5O. The molecular weight excluding hydrogens is 350 g/mol. The van der Waals surface area contributed by atoms with Crippen LogP contribution in [0, 0.1) is 6.92 Å². The van der Waals surface area contributed by atoms with Crippen molar-refractivity contribution in [3.8, 4) is 11.4 Å². The van der Waals surface area contributed by atoms with Crippen LogP contribution in [0.15, 0.2) is 55.0 Å². The normalized spacial score (nSPS) is 10.9. The van der Waals surface area contributed by atoms with Crippen molar-refractivity contribution in [3.63, 3.8) is 0 Å². The molecule has 3 aromatic heterocycles. The summed E-state index contributed by atoms with van der Waals surface area (Å²) in [5.74, 6) is 1.28. The zero-order chi connectivity index (χ0) is 18.1. The first-order chi connectivity index (χ1) is 12.6. The summed E-state index contributed by atoms with van der Waals surface area (Å²) in [4.78, 5) is 13.2. The molecule has 0 aliphatic rings. The third-order valence-corrected chi connectivity index (χ3v) is 4.33. The fourth-order valence-corrected chi connectivity index (χ4v) is 2.79. The lowest BCUT2D eigenvalue weighted by Gasteiger charge is -2.10. The number of halogens is 1. The fourth-order valence-electron chi connectivity index (χ4n) is 2.68. The van der Waals surface area contributed by atoms with E-state index in [1.165, 1.54) is 0 Å². The molecule has 1 aromatic carbocycles. The smallest absolute Gasteiger partial charge is 0.229 e. The maximum Gasteiger partial charge on any atom is 0.229 e. The number of nitrogens with one attached hydrogen (secondary N) is 1. The minimum absolute atomic E-state index is 0.454. The highest BCUT2D eigenvalue weighted by atomic mass is 35.5. The number of benzene rings is 1. The van der Waals surface area contributed by atoms with E-state index in [0.29, 0.717) is 11.1 Å². The minimum Gasteiger partial charge on any atom is -0.497 e. The molecule has 0 aliphatic heterocycles. The third-order valence-electron chi connectivity index (χ3n) is 4.11. The van der Waals surface area contributed by atoms with Crippen LogP contribution in [0.25, 0.3) is 16.7 Å². The molecule has 1 N–H and O–H groups in total. The van der Waals surface area contributed by atoms with E-state index in [0.717, 1.165) is 33.7 Å². The predicted octanol–water partition coefficient (Wildman–Crippen LogP) is 4.53. The molecule has 130 valence electrons. The van der Waals surface area contributed by atoms with Crippen LogP contribution in [0.5, 0.6) is 5.75 Å². The molecule has 3 heterocycles. The van der Waals surface area contributed by atoms with Crippen molar-refractivity contribution in [2.24, 2.45) is 0 Å². The molecule has 0 radical (unpaired) electrons. The lowest BCUT2D eigenvalue weighted by atomic mass is 10.2. The van der Waals surface area contributed by atoms with Crippen LogP contribution in [0.3, 0.4) is 0 Å². The number of hydrogen-bond acceptors (Lipinski definition) is 5. The molecule has 0 unspecified atom stereocenters. The van der Waals surface area contributed by atoms with E-state index in [1.54, 1.807) is 25.6 Å². The zero-order valence-corrected chi connectivity index (χ0v) is 15.0. The predicted molar refractivity (Wildman–Crippen MR) is 103 cm³/mol. The molecule has 0 saturated heterocycles. The topological polar surface area (TPSA) is 64.9 Å². The van der Waals surface area contributed by atoms with Crippen LogP contribution in [-0.4, -0.2) is 26.6 Å². The van der Waals surface area contributed by atoms with Gasteiger partial charge in [0.05, 0.1) is 19.0 Å². The zero-order valence-electron chi connectivity index (χ0n) is 14.3. The SMILES string of the molecule is COc1ccc(C)c(Nc2ncc3ccn(-c4ccc(Cl)nc4)c3n2)c1. The van der Waals surface area contributed by atoms with E-state index in [2.05, 4.69) is 20.3 Å². The van der Waals surface area contributed by atoms with Crippen molar-refractivity contribution in [1.29, 1.82) is 0 Å². The van der Waals surface area contributed by atoms with Crippen LogP contribution in [0.1, 0.15) is 5.56 Å². The Labute approximate surface area is 155 Å². The summed E-state index contributed by atoms with van der Waals surface area (Å²) in [6.45, 7) is 2.02. The first kappa shape index (κ1) is 16.4. The Balaban J connectivity index is 1.73. The highest BCUT2D eigenvalue weighted by molar-refractivity contribution is 6.29. The van der Waals surface area contributed by atoms with Gasteiger partial charge in [-0.15, -0.1) is 0 Å². The van der Waals surface area contributed by atoms with Crippen molar-refractivity contribution in [1.82, 2.24) is 19.5 Å². The Kier molecular flexibility index (Phi) is 4.18. The van der Waals surface area contributed by atoms with Gasteiger partial charge in [0.25, 0.3) is 0 Å². The molecule has 0 bridgehead atoms. The van der Waals surface area contributed by atoms with Crippen LogP contribution in [0.4, 0.5) is 11.6 Å². The van der Waals surface area contributed by atoms with E-state index >= 15 is 0 Å². The van der Waals surface area contributed by atoms with E-state index < -0.39 is 0 Å². The van der Waals surface area contributed by atoms with Crippen molar-refractivity contribution >= 4 is 34.3 Å². The quantitative estimate of drug-likeness (QED) is 0.538. The molecule has 4 rings (SSSR count). The van der Waals surface area contributed by atoms with Crippen molar-refractivity contribution in [3.05, 3.63) is 65.7 Å². The van der Waals surface area contributed by atoms with Crippen molar-refractivity contribution in [2.75, 3.05) is 12.4 Å². The highest BCUT2D eigenvalue weighted by Gasteiger charge is 2.09. The van der Waals surface area contributed by atoms with Gasteiger partial charge in [-0.05, 0) is 36.8 Å². The van der Waals surface area contributed by atoms with Gasteiger partial charge >= 0.3 is 0 Å². The number of anilines is 2. The molecule has 26 heavy (non-hydrogen) atoms. The number of nitrogens with zero attached hydrogens (tertiary/aromatic N) is 4. The van der Waals surface area contributed by atoms with Gasteiger partial charge < -0.3 is 10.1 Å². The highest BCUT2D eigenvalue weighted by Crippen LogP contribution is 2.25. The third kappa shape index (κ3) is 3.07. The van der Waals surface area contributed by atoms with Crippen LogP contribution in [0.2, 0.25) is 5.15 Å². The standard InChI is InChI=1S/C19H16ClN5O/c1-12-3-5-15(26-2)9-16(12)23-19-22-10-13-7-8-25(18(13)24-19)14-4-6-17(20)21-11-14/h3-11H,1-2H3,(H,22,23,24). The number of methoxy groups -OCH3 is 1. The fraction of sp³-hybridized carbons (Fsp3) is 0.105. The van der Waals surface area contributed by atoms with E-state index in [1.807, 2.05) is 48.0 Å². The van der Waals surface area contributed by atoms with Gasteiger partial charge in [0.1, 0.15) is 16.5 Å². The van der Waals surface area contributed by atoms with Gasteiger partial charge in [-0.3, -0.25) is 4.57 Å². The molecule has 0 spiro atoms. The molecule has 4 aromatic rings.